The quantitative estimate of drug-likeness (QED) is 0.354. The van der Waals surface area contributed by atoms with Crippen LogP contribution in [0.2, 0.25) is 0 Å². The number of aromatic nitrogens is 1. The molecule has 0 fully saturated rings. The summed E-state index contributed by atoms with van der Waals surface area (Å²) < 4.78 is 38.0. The second-order valence-corrected chi connectivity index (χ2v) is 6.04. The molecule has 0 saturated heterocycles. The van der Waals surface area contributed by atoms with E-state index in [1.807, 2.05) is 6.92 Å². The van der Waals surface area contributed by atoms with Crippen LogP contribution in [0.3, 0.4) is 0 Å². The van der Waals surface area contributed by atoms with Gasteiger partial charge >= 0.3 is 6.18 Å². The van der Waals surface area contributed by atoms with Gasteiger partial charge in [-0.3, -0.25) is 9.98 Å². The summed E-state index contributed by atoms with van der Waals surface area (Å²) in [5, 5.41) is 13.3. The Morgan fingerprint density at radius 1 is 1.18 bits per heavy atom. The molecule has 5 nitrogen and oxygen atoms in total. The molecule has 1 unspecified atom stereocenters. The van der Waals surface area contributed by atoms with E-state index < -0.39 is 17.8 Å². The van der Waals surface area contributed by atoms with E-state index in [9.17, 15) is 18.3 Å². The Kier molecular flexibility index (Phi) is 9.66. The smallest absolute Gasteiger partial charge is 0.386 e. The molecule has 0 radical (unpaired) electrons. The van der Waals surface area contributed by atoms with Crippen molar-refractivity contribution in [1.29, 1.82) is 0 Å². The van der Waals surface area contributed by atoms with Gasteiger partial charge in [-0.15, -0.1) is 24.0 Å². The highest BCUT2D eigenvalue weighted by Crippen LogP contribution is 2.29. The van der Waals surface area contributed by atoms with Crippen molar-refractivity contribution in [3.63, 3.8) is 0 Å². The van der Waals surface area contributed by atoms with Crippen molar-refractivity contribution >= 4 is 29.9 Å². The molecule has 2 N–H and O–H groups in total. The van der Waals surface area contributed by atoms with Gasteiger partial charge in [-0.25, -0.2) is 0 Å². The summed E-state index contributed by atoms with van der Waals surface area (Å²) in [6.45, 7) is 3.08. The molecule has 1 atom stereocenters. The molecule has 0 aliphatic rings. The molecule has 154 valence electrons. The van der Waals surface area contributed by atoms with Crippen LogP contribution >= 0.6 is 24.0 Å². The van der Waals surface area contributed by atoms with Crippen molar-refractivity contribution in [2.45, 2.75) is 25.7 Å². The van der Waals surface area contributed by atoms with Crippen LogP contribution in [0.1, 0.15) is 29.7 Å². The molecule has 1 aromatic heterocycles. The molecule has 0 bridgehead atoms. The van der Waals surface area contributed by atoms with Gasteiger partial charge < -0.3 is 15.3 Å². The number of aliphatic imine (C=N–C) groups is 1. The first-order valence-corrected chi connectivity index (χ1v) is 8.54. The van der Waals surface area contributed by atoms with E-state index in [4.69, 9.17) is 0 Å². The van der Waals surface area contributed by atoms with Crippen molar-refractivity contribution in [1.82, 2.24) is 15.2 Å². The first kappa shape index (κ1) is 24.2. The molecule has 0 amide bonds. The number of hydrogen-bond acceptors (Lipinski definition) is 3. The predicted molar refractivity (Wildman–Crippen MR) is 114 cm³/mol. The lowest BCUT2D eigenvalue weighted by Gasteiger charge is -2.23. The number of aliphatic hydroxyl groups is 1. The van der Waals surface area contributed by atoms with Crippen LogP contribution in [-0.4, -0.2) is 41.1 Å². The Bertz CT molecular complexity index is 739. The number of nitrogens with one attached hydrogen (secondary N) is 1. The lowest BCUT2D eigenvalue weighted by atomic mass is 10.1. The number of halogens is 4. The van der Waals surface area contributed by atoms with Gasteiger partial charge in [0.15, 0.2) is 5.96 Å². The van der Waals surface area contributed by atoms with Crippen LogP contribution in [-0.2, 0) is 12.7 Å². The van der Waals surface area contributed by atoms with Gasteiger partial charge in [0.1, 0.15) is 0 Å². The van der Waals surface area contributed by atoms with Crippen molar-refractivity contribution in [3.8, 4) is 0 Å². The fraction of sp³-hybridized carbons (Fsp3) is 0.368. The van der Waals surface area contributed by atoms with Gasteiger partial charge in [0.2, 0.25) is 0 Å². The number of benzene rings is 1. The van der Waals surface area contributed by atoms with E-state index in [-0.39, 0.29) is 30.5 Å². The normalized spacial score (nSPS) is 12.9. The molecule has 9 heteroatoms. The predicted octanol–water partition coefficient (Wildman–Crippen LogP) is 3.85. The fourth-order valence-electron chi connectivity index (χ4n) is 2.48. The van der Waals surface area contributed by atoms with Crippen LogP contribution in [0.15, 0.2) is 53.8 Å². The topological polar surface area (TPSA) is 60.8 Å². The molecule has 0 spiro atoms. The third-order valence-electron chi connectivity index (χ3n) is 3.90. The summed E-state index contributed by atoms with van der Waals surface area (Å²) in [5.41, 5.74) is 0.774. The highest BCUT2D eigenvalue weighted by atomic mass is 127. The summed E-state index contributed by atoms with van der Waals surface area (Å²) in [4.78, 5) is 10.1. The number of nitrogens with zero attached hydrogens (tertiary/aromatic N) is 3. The van der Waals surface area contributed by atoms with E-state index in [1.54, 1.807) is 36.5 Å². The van der Waals surface area contributed by atoms with Crippen molar-refractivity contribution < 1.29 is 18.3 Å². The van der Waals surface area contributed by atoms with E-state index >= 15 is 0 Å². The number of rotatable bonds is 6. The minimum atomic E-state index is -4.34. The van der Waals surface area contributed by atoms with Gasteiger partial charge in [0, 0.05) is 32.5 Å². The van der Waals surface area contributed by atoms with Gasteiger partial charge in [-0.05, 0) is 42.3 Å². The van der Waals surface area contributed by atoms with Gasteiger partial charge in [-0.1, -0.05) is 12.1 Å². The van der Waals surface area contributed by atoms with Crippen LogP contribution in [0.5, 0.6) is 0 Å². The molecule has 1 aromatic carbocycles. The standard InChI is InChI=1S/C19H23F3N4O.HI/c1-3-24-18(25-12-17(27)15-8-10-23-11-9-15)26(2)13-14-4-6-16(7-5-14)19(20,21)22;/h4-11,17,27H,3,12-13H2,1-2H3,(H,24,25);1H. The van der Waals surface area contributed by atoms with E-state index in [0.29, 0.717) is 19.0 Å². The Morgan fingerprint density at radius 2 is 1.79 bits per heavy atom. The number of hydrogen-bond donors (Lipinski definition) is 2. The summed E-state index contributed by atoms with van der Waals surface area (Å²) >= 11 is 0. The Labute approximate surface area is 179 Å². The second kappa shape index (κ2) is 11.2. The molecule has 2 aromatic rings. The average molecular weight is 508 g/mol. The minimum absolute atomic E-state index is 0. The first-order chi connectivity index (χ1) is 12.8. The Hall–Kier alpha value is -1.88. The maximum atomic E-state index is 12.7. The Balaban J connectivity index is 0.00000392. The first-order valence-electron chi connectivity index (χ1n) is 8.54. The van der Waals surface area contributed by atoms with Crippen molar-refractivity contribution in [2.75, 3.05) is 20.1 Å². The van der Waals surface area contributed by atoms with E-state index in [1.165, 1.54) is 12.1 Å². The van der Waals surface area contributed by atoms with Gasteiger partial charge in [0.05, 0.1) is 18.2 Å². The molecule has 0 aliphatic heterocycles. The largest absolute Gasteiger partial charge is 0.416 e. The highest BCUT2D eigenvalue weighted by molar-refractivity contribution is 14.0. The Morgan fingerprint density at radius 3 is 2.32 bits per heavy atom. The van der Waals surface area contributed by atoms with E-state index in [0.717, 1.165) is 23.3 Å². The average Bonchev–Trinajstić information content (AvgIpc) is 2.65. The highest BCUT2D eigenvalue weighted by Gasteiger charge is 2.29. The molecular weight excluding hydrogens is 484 g/mol. The summed E-state index contributed by atoms with van der Waals surface area (Å²) in [6.07, 6.45) is -1.90. The van der Waals surface area contributed by atoms with Gasteiger partial charge in [-0.2, -0.15) is 13.2 Å². The maximum Gasteiger partial charge on any atom is 0.416 e. The minimum Gasteiger partial charge on any atom is -0.386 e. The summed E-state index contributed by atoms with van der Waals surface area (Å²) in [5.74, 6) is 0.561. The zero-order valence-electron chi connectivity index (χ0n) is 15.6. The summed E-state index contributed by atoms with van der Waals surface area (Å²) in [6, 6.07) is 8.49. The molecule has 0 saturated carbocycles. The number of guanidine groups is 1. The van der Waals surface area contributed by atoms with Crippen LogP contribution in [0, 0.1) is 0 Å². The lowest BCUT2D eigenvalue weighted by Crippen LogP contribution is -2.38. The molecule has 1 heterocycles. The van der Waals surface area contributed by atoms with Crippen molar-refractivity contribution in [3.05, 3.63) is 65.5 Å². The van der Waals surface area contributed by atoms with Gasteiger partial charge in [0.25, 0.3) is 0 Å². The third-order valence-corrected chi connectivity index (χ3v) is 3.90. The van der Waals surface area contributed by atoms with Crippen molar-refractivity contribution in [2.24, 2.45) is 4.99 Å². The lowest BCUT2D eigenvalue weighted by molar-refractivity contribution is -0.137. The number of alkyl halides is 3. The number of pyridine rings is 1. The summed E-state index contributed by atoms with van der Waals surface area (Å²) in [7, 11) is 1.79. The molecule has 2 rings (SSSR count). The van der Waals surface area contributed by atoms with Crippen LogP contribution < -0.4 is 5.32 Å². The zero-order valence-corrected chi connectivity index (χ0v) is 18.0. The zero-order chi connectivity index (χ0) is 19.9. The van der Waals surface area contributed by atoms with Crippen LogP contribution in [0.4, 0.5) is 13.2 Å². The maximum absolute atomic E-state index is 12.7. The van der Waals surface area contributed by atoms with E-state index in [2.05, 4.69) is 15.3 Å². The van der Waals surface area contributed by atoms with Crippen LogP contribution in [0.25, 0.3) is 0 Å². The number of aliphatic hydroxyl groups excluding tert-OH is 1. The fourth-order valence-corrected chi connectivity index (χ4v) is 2.48. The molecular formula is C19H24F3IN4O. The monoisotopic (exact) mass is 508 g/mol. The molecule has 28 heavy (non-hydrogen) atoms. The third kappa shape index (κ3) is 7.27. The SMILES string of the molecule is CCNC(=NCC(O)c1ccncc1)N(C)Cc1ccc(C(F)(F)F)cc1.I. The molecule has 0 aliphatic carbocycles. The second-order valence-electron chi connectivity index (χ2n) is 6.04.